The van der Waals surface area contributed by atoms with E-state index < -0.39 is 0 Å². The Hall–Kier alpha value is -0.213. The Bertz CT molecular complexity index is 162. The fourth-order valence-corrected chi connectivity index (χ4v) is 2.94. The molecule has 48 valence electrons. The van der Waals surface area contributed by atoms with E-state index in [1.807, 2.05) is 11.2 Å². The minimum Gasteiger partial charge on any atom is -0.160 e. The molecule has 0 amide bonds. The van der Waals surface area contributed by atoms with Crippen LogP contribution in [0.25, 0.3) is 0 Å². The third kappa shape index (κ3) is 2.24. The van der Waals surface area contributed by atoms with Gasteiger partial charge in [0.1, 0.15) is 0 Å². The first kappa shape index (κ1) is 6.90. The SMILES string of the molecule is C[SiH2]Sc1ccccc1. The van der Waals surface area contributed by atoms with Gasteiger partial charge in [-0.2, -0.15) is 11.2 Å². The van der Waals surface area contributed by atoms with E-state index in [1.165, 1.54) is 4.90 Å². The quantitative estimate of drug-likeness (QED) is 0.586. The maximum absolute atomic E-state index is 2.30. The molecule has 1 rings (SSSR count). The molecule has 2 heteroatoms. The van der Waals surface area contributed by atoms with E-state index in [2.05, 4.69) is 36.9 Å². The third-order valence-electron chi connectivity index (χ3n) is 1.05. The van der Waals surface area contributed by atoms with Crippen molar-refractivity contribution in [3.63, 3.8) is 0 Å². The van der Waals surface area contributed by atoms with E-state index in [0.717, 1.165) is 0 Å². The highest BCUT2D eigenvalue weighted by molar-refractivity contribution is 8.22. The van der Waals surface area contributed by atoms with Crippen LogP contribution < -0.4 is 0 Å². The van der Waals surface area contributed by atoms with Crippen molar-refractivity contribution in [3.8, 4) is 0 Å². The summed E-state index contributed by atoms with van der Waals surface area (Å²) in [6.45, 7) is 2.30. The van der Waals surface area contributed by atoms with Gasteiger partial charge in [0.2, 0.25) is 0 Å². The van der Waals surface area contributed by atoms with Crippen LogP contribution in [-0.4, -0.2) is 8.67 Å². The molecule has 0 unspecified atom stereocenters. The van der Waals surface area contributed by atoms with Gasteiger partial charge < -0.3 is 0 Å². The standard InChI is InChI=1S/C7H10SSi/c1-9-8-7-5-3-2-4-6-7/h2-6H,9H2,1H3. The van der Waals surface area contributed by atoms with Crippen LogP contribution in [0, 0.1) is 0 Å². The van der Waals surface area contributed by atoms with Gasteiger partial charge in [-0.05, 0) is 12.1 Å². The maximum atomic E-state index is 2.30. The molecule has 1 aromatic rings. The van der Waals surface area contributed by atoms with Crippen LogP contribution in [0.4, 0.5) is 0 Å². The second-order valence-electron chi connectivity index (χ2n) is 1.75. The highest BCUT2D eigenvalue weighted by Crippen LogP contribution is 2.13. The van der Waals surface area contributed by atoms with Crippen molar-refractivity contribution in [2.75, 3.05) is 0 Å². The zero-order chi connectivity index (χ0) is 6.53. The first-order valence-corrected chi connectivity index (χ1v) is 7.24. The second-order valence-corrected chi connectivity index (χ2v) is 5.68. The van der Waals surface area contributed by atoms with Crippen molar-refractivity contribution in [3.05, 3.63) is 30.3 Å². The molecule has 0 saturated heterocycles. The normalized spacial score (nSPS) is 10.8. The molecule has 0 radical (unpaired) electrons. The highest BCUT2D eigenvalue weighted by Gasteiger charge is 1.85. The van der Waals surface area contributed by atoms with E-state index in [0.29, 0.717) is 0 Å². The average Bonchev–Trinajstić information content (AvgIpc) is 1.91. The molecule has 0 spiro atoms. The number of hydrogen-bond donors (Lipinski definition) is 0. The van der Waals surface area contributed by atoms with Crippen LogP contribution in [0.5, 0.6) is 0 Å². The van der Waals surface area contributed by atoms with Gasteiger partial charge in [0.05, 0.1) is 8.67 Å². The van der Waals surface area contributed by atoms with Gasteiger partial charge >= 0.3 is 0 Å². The van der Waals surface area contributed by atoms with Gasteiger partial charge in [0.15, 0.2) is 0 Å². The average molecular weight is 154 g/mol. The molecule has 0 nitrogen and oxygen atoms in total. The summed E-state index contributed by atoms with van der Waals surface area (Å²) in [6, 6.07) is 10.6. The predicted molar refractivity (Wildman–Crippen MR) is 46.7 cm³/mol. The monoisotopic (exact) mass is 154 g/mol. The van der Waals surface area contributed by atoms with Crippen molar-refractivity contribution < 1.29 is 0 Å². The summed E-state index contributed by atoms with van der Waals surface area (Å²) in [5, 5.41) is 0. The fourth-order valence-electron chi connectivity index (χ4n) is 0.683. The molecule has 0 N–H and O–H groups in total. The zero-order valence-electron chi connectivity index (χ0n) is 5.50. The van der Waals surface area contributed by atoms with Crippen molar-refractivity contribution in [1.29, 1.82) is 0 Å². The van der Waals surface area contributed by atoms with Crippen molar-refractivity contribution >= 4 is 19.9 Å². The molecule has 0 atom stereocenters. The number of benzene rings is 1. The Morgan fingerprint density at radius 3 is 2.44 bits per heavy atom. The van der Waals surface area contributed by atoms with Crippen molar-refractivity contribution in [2.45, 2.75) is 11.4 Å². The first-order valence-electron chi connectivity index (χ1n) is 3.11. The number of rotatable bonds is 2. The lowest BCUT2D eigenvalue weighted by Gasteiger charge is -1.93. The van der Waals surface area contributed by atoms with Gasteiger partial charge in [-0.25, -0.2) is 0 Å². The van der Waals surface area contributed by atoms with Gasteiger partial charge in [-0.15, -0.1) is 0 Å². The van der Waals surface area contributed by atoms with Crippen LogP contribution in [0.15, 0.2) is 35.2 Å². The first-order chi connectivity index (χ1) is 4.43. The summed E-state index contributed by atoms with van der Waals surface area (Å²) >= 11 is 2.01. The molecule has 0 heterocycles. The highest BCUT2D eigenvalue weighted by atomic mass is 32.4. The minimum absolute atomic E-state index is 0.132. The topological polar surface area (TPSA) is 0 Å². The molecule has 0 fully saturated rings. The van der Waals surface area contributed by atoms with E-state index in [4.69, 9.17) is 0 Å². The third-order valence-corrected chi connectivity index (χ3v) is 3.81. The van der Waals surface area contributed by atoms with Gasteiger partial charge in [0.25, 0.3) is 0 Å². The molecule has 0 aliphatic rings. The maximum Gasteiger partial charge on any atom is 0.0887 e. The second kappa shape index (κ2) is 3.74. The molecule has 9 heavy (non-hydrogen) atoms. The van der Waals surface area contributed by atoms with Crippen molar-refractivity contribution in [1.82, 2.24) is 0 Å². The van der Waals surface area contributed by atoms with E-state index in [-0.39, 0.29) is 8.67 Å². The van der Waals surface area contributed by atoms with E-state index in [1.54, 1.807) is 0 Å². The van der Waals surface area contributed by atoms with Crippen LogP contribution >= 0.6 is 11.2 Å². The Morgan fingerprint density at radius 2 is 1.89 bits per heavy atom. The minimum atomic E-state index is 0.132. The molecule has 0 aromatic heterocycles. The van der Waals surface area contributed by atoms with Crippen LogP contribution in [-0.2, 0) is 0 Å². The Morgan fingerprint density at radius 1 is 1.22 bits per heavy atom. The van der Waals surface area contributed by atoms with Crippen LogP contribution in [0.1, 0.15) is 0 Å². The Balaban J connectivity index is 2.61. The Labute approximate surface area is 62.1 Å². The summed E-state index contributed by atoms with van der Waals surface area (Å²) in [7, 11) is 0.132. The predicted octanol–water partition coefficient (Wildman–Crippen LogP) is 1.91. The lowest BCUT2D eigenvalue weighted by Crippen LogP contribution is -1.71. The summed E-state index contributed by atoms with van der Waals surface area (Å²) in [4.78, 5) is 1.42. The van der Waals surface area contributed by atoms with Crippen LogP contribution in [0.3, 0.4) is 0 Å². The smallest absolute Gasteiger partial charge is 0.0887 e. The van der Waals surface area contributed by atoms with Gasteiger partial charge in [-0.3, -0.25) is 0 Å². The summed E-state index contributed by atoms with van der Waals surface area (Å²) in [5.74, 6) is 0. The molecule has 0 saturated carbocycles. The Kier molecular flexibility index (Phi) is 2.87. The van der Waals surface area contributed by atoms with Crippen molar-refractivity contribution in [2.24, 2.45) is 0 Å². The summed E-state index contributed by atoms with van der Waals surface area (Å²) < 4.78 is 0. The molecular weight excluding hydrogens is 144 g/mol. The lowest BCUT2D eigenvalue weighted by atomic mass is 10.4. The molecule has 0 aliphatic heterocycles. The van der Waals surface area contributed by atoms with E-state index in [9.17, 15) is 0 Å². The lowest BCUT2D eigenvalue weighted by molar-refractivity contribution is 1.48. The summed E-state index contributed by atoms with van der Waals surface area (Å²) in [6.07, 6.45) is 0. The van der Waals surface area contributed by atoms with Gasteiger partial charge in [-0.1, -0.05) is 24.7 Å². The summed E-state index contributed by atoms with van der Waals surface area (Å²) in [5.41, 5.74) is 0. The van der Waals surface area contributed by atoms with Crippen LogP contribution in [0.2, 0.25) is 6.55 Å². The van der Waals surface area contributed by atoms with Gasteiger partial charge in [0, 0.05) is 4.90 Å². The molecule has 0 bridgehead atoms. The molecule has 0 aliphatic carbocycles. The molecular formula is C7H10SSi. The largest absolute Gasteiger partial charge is 0.160 e. The van der Waals surface area contributed by atoms with E-state index >= 15 is 0 Å². The zero-order valence-corrected chi connectivity index (χ0v) is 7.73. The number of hydrogen-bond acceptors (Lipinski definition) is 1. The fraction of sp³-hybridized carbons (Fsp3) is 0.143. The molecule has 1 aromatic carbocycles.